The van der Waals surface area contributed by atoms with Gasteiger partial charge in [-0.3, -0.25) is 4.79 Å². The van der Waals surface area contributed by atoms with Crippen molar-refractivity contribution < 1.29 is 9.90 Å². The number of carboxylic acid groups (broad SMARTS) is 1. The highest BCUT2D eigenvalue weighted by Crippen LogP contribution is 2.39. The molecule has 0 saturated heterocycles. The maximum absolute atomic E-state index is 11.8. The van der Waals surface area contributed by atoms with E-state index in [-0.39, 0.29) is 0 Å². The number of benzene rings is 1. The molecule has 0 bridgehead atoms. The predicted octanol–water partition coefficient (Wildman–Crippen LogP) is 4.31. The summed E-state index contributed by atoms with van der Waals surface area (Å²) in [6.45, 7) is 2.06. The van der Waals surface area contributed by atoms with Crippen LogP contribution in [0.25, 0.3) is 0 Å². The van der Waals surface area contributed by atoms with E-state index in [2.05, 4.69) is 13.0 Å². The van der Waals surface area contributed by atoms with E-state index < -0.39 is 11.2 Å². The van der Waals surface area contributed by atoms with Crippen LogP contribution in [-0.2, 0) is 24.1 Å². The van der Waals surface area contributed by atoms with Crippen LogP contribution < -0.4 is 0 Å². The Morgan fingerprint density at radius 2 is 1.96 bits per heavy atom. The molecule has 0 spiro atoms. The lowest BCUT2D eigenvalue weighted by atomic mass is 9.87. The summed E-state index contributed by atoms with van der Waals surface area (Å²) < 4.78 is 0. The third kappa shape index (κ3) is 3.54. The van der Waals surface area contributed by atoms with Crippen molar-refractivity contribution in [2.45, 2.75) is 49.3 Å². The van der Waals surface area contributed by atoms with Gasteiger partial charge in [0, 0.05) is 5.69 Å². The van der Waals surface area contributed by atoms with Gasteiger partial charge >= 0.3 is 5.97 Å². The Morgan fingerprint density at radius 1 is 1.28 bits per heavy atom. The summed E-state index contributed by atoms with van der Waals surface area (Å²) in [6.07, 6.45) is 4.84. The van der Waals surface area contributed by atoms with Crippen molar-refractivity contribution in [3.63, 3.8) is 0 Å². The van der Waals surface area contributed by atoms with Crippen molar-refractivity contribution in [1.29, 1.82) is 5.26 Å². The number of hydrogen-bond donors (Lipinski definition) is 1. The van der Waals surface area contributed by atoms with Gasteiger partial charge in [-0.1, -0.05) is 49.0 Å². The Kier molecular flexibility index (Phi) is 5.40. The van der Waals surface area contributed by atoms with E-state index in [4.69, 9.17) is 4.98 Å². The summed E-state index contributed by atoms with van der Waals surface area (Å²) in [7, 11) is 0. The number of carbonyl (C=O) groups is 1. The van der Waals surface area contributed by atoms with Gasteiger partial charge in [0.1, 0.15) is 16.3 Å². The quantitative estimate of drug-likeness (QED) is 0.812. The van der Waals surface area contributed by atoms with Gasteiger partial charge in [-0.05, 0) is 48.8 Å². The fourth-order valence-corrected chi connectivity index (χ4v) is 4.44. The lowest BCUT2D eigenvalue weighted by molar-refractivity contribution is -0.136. The number of hydrogen-bond acceptors (Lipinski definition) is 4. The molecule has 1 heterocycles. The molecule has 1 N–H and O–H groups in total. The third-order valence-corrected chi connectivity index (χ3v) is 5.80. The second-order valence-corrected chi connectivity index (χ2v) is 7.21. The number of nitriles is 1. The molecule has 128 valence electrons. The Hall–Kier alpha value is -2.32. The van der Waals surface area contributed by atoms with Crippen LogP contribution in [0.1, 0.15) is 53.0 Å². The van der Waals surface area contributed by atoms with E-state index >= 15 is 0 Å². The van der Waals surface area contributed by atoms with E-state index in [1.807, 2.05) is 18.2 Å². The number of rotatable bonds is 5. The van der Waals surface area contributed by atoms with Crippen molar-refractivity contribution in [2.75, 3.05) is 0 Å². The molecule has 0 radical (unpaired) electrons. The minimum Gasteiger partial charge on any atom is -0.480 e. The molecule has 1 aromatic carbocycles. The summed E-state index contributed by atoms with van der Waals surface area (Å²) in [5.74, 6) is -0.919. The number of aliphatic carboxylic acids is 1. The van der Waals surface area contributed by atoms with Crippen LogP contribution in [0.2, 0.25) is 0 Å². The van der Waals surface area contributed by atoms with Crippen LogP contribution in [0.5, 0.6) is 0 Å². The summed E-state index contributed by atoms with van der Waals surface area (Å²) in [4.78, 5) is 16.5. The average Bonchev–Trinajstić information content (AvgIpc) is 2.65. The SMILES string of the molecule is CCc1nc(SC(C(=O)O)c2ccccc2)c(C#N)c2c1CCCC2. The van der Waals surface area contributed by atoms with Crippen LogP contribution in [0.4, 0.5) is 0 Å². The van der Waals surface area contributed by atoms with E-state index in [1.165, 1.54) is 17.3 Å². The number of aryl methyl sites for hydroxylation is 1. The zero-order valence-corrected chi connectivity index (χ0v) is 15.0. The van der Waals surface area contributed by atoms with Crippen LogP contribution in [0, 0.1) is 11.3 Å². The van der Waals surface area contributed by atoms with Gasteiger partial charge in [0.15, 0.2) is 0 Å². The molecule has 1 aliphatic rings. The molecule has 0 aliphatic heterocycles. The van der Waals surface area contributed by atoms with Gasteiger partial charge in [-0.25, -0.2) is 4.98 Å². The molecule has 2 aromatic rings. The van der Waals surface area contributed by atoms with Crippen molar-refractivity contribution in [3.8, 4) is 6.07 Å². The fourth-order valence-electron chi connectivity index (χ4n) is 3.37. The first-order valence-corrected chi connectivity index (χ1v) is 9.42. The van der Waals surface area contributed by atoms with Gasteiger partial charge in [-0.15, -0.1) is 0 Å². The topological polar surface area (TPSA) is 74.0 Å². The molecular formula is C20H20N2O2S. The van der Waals surface area contributed by atoms with Crippen molar-refractivity contribution in [3.05, 3.63) is 58.3 Å². The fraction of sp³-hybridized carbons (Fsp3) is 0.350. The van der Waals surface area contributed by atoms with Gasteiger partial charge in [-0.2, -0.15) is 5.26 Å². The van der Waals surface area contributed by atoms with E-state index in [0.29, 0.717) is 16.2 Å². The van der Waals surface area contributed by atoms with Crippen LogP contribution >= 0.6 is 11.8 Å². The highest BCUT2D eigenvalue weighted by molar-refractivity contribution is 8.00. The molecule has 25 heavy (non-hydrogen) atoms. The first kappa shape index (κ1) is 17.5. The average molecular weight is 352 g/mol. The minimum atomic E-state index is -0.919. The summed E-state index contributed by atoms with van der Waals surface area (Å²) in [5, 5.41) is 19.2. The van der Waals surface area contributed by atoms with Crippen molar-refractivity contribution in [2.24, 2.45) is 0 Å². The molecule has 1 aromatic heterocycles. The van der Waals surface area contributed by atoms with Crippen molar-refractivity contribution in [1.82, 2.24) is 4.98 Å². The maximum atomic E-state index is 11.8. The first-order chi connectivity index (χ1) is 12.2. The van der Waals surface area contributed by atoms with Gasteiger partial charge in [0.2, 0.25) is 0 Å². The molecule has 1 unspecified atom stereocenters. The standard InChI is InChI=1S/C20H20N2O2S/c1-2-17-15-11-7-6-10-14(15)16(12-21)19(22-17)25-18(20(23)24)13-8-4-3-5-9-13/h3-5,8-9,18H,2,6-7,10-11H2,1H3,(H,23,24). The minimum absolute atomic E-state index is 0.552. The van der Waals surface area contributed by atoms with Gasteiger partial charge in [0.05, 0.1) is 5.56 Å². The van der Waals surface area contributed by atoms with Gasteiger partial charge in [0.25, 0.3) is 0 Å². The van der Waals surface area contributed by atoms with Gasteiger partial charge < -0.3 is 5.11 Å². The summed E-state index contributed by atoms with van der Waals surface area (Å²) in [6, 6.07) is 11.4. The molecule has 1 aliphatic carbocycles. The zero-order valence-electron chi connectivity index (χ0n) is 14.2. The van der Waals surface area contributed by atoms with Crippen LogP contribution in [-0.4, -0.2) is 16.1 Å². The molecule has 5 heteroatoms. The number of nitrogens with zero attached hydrogens (tertiary/aromatic N) is 2. The smallest absolute Gasteiger partial charge is 0.321 e. The summed E-state index contributed by atoms with van der Waals surface area (Å²) >= 11 is 1.17. The number of thioether (sulfide) groups is 1. The zero-order chi connectivity index (χ0) is 17.8. The number of fused-ring (bicyclic) bond motifs is 1. The molecule has 4 nitrogen and oxygen atoms in total. The third-order valence-electron chi connectivity index (χ3n) is 4.57. The Labute approximate surface area is 151 Å². The molecule has 1 atom stereocenters. The Balaban J connectivity index is 2.07. The number of pyridine rings is 1. The molecule has 0 fully saturated rings. The van der Waals surface area contributed by atoms with E-state index in [9.17, 15) is 15.2 Å². The largest absolute Gasteiger partial charge is 0.480 e. The van der Waals surface area contributed by atoms with E-state index in [1.54, 1.807) is 12.1 Å². The second-order valence-electron chi connectivity index (χ2n) is 6.12. The second kappa shape index (κ2) is 7.71. The van der Waals surface area contributed by atoms with Crippen LogP contribution in [0.3, 0.4) is 0 Å². The molecule has 0 amide bonds. The number of aromatic nitrogens is 1. The molecule has 0 saturated carbocycles. The van der Waals surface area contributed by atoms with Crippen LogP contribution in [0.15, 0.2) is 35.4 Å². The molecule has 3 rings (SSSR count). The molecular weight excluding hydrogens is 332 g/mol. The Bertz CT molecular complexity index is 828. The monoisotopic (exact) mass is 352 g/mol. The lowest BCUT2D eigenvalue weighted by Crippen LogP contribution is -2.14. The summed E-state index contributed by atoms with van der Waals surface area (Å²) in [5.41, 5.74) is 4.58. The lowest BCUT2D eigenvalue weighted by Gasteiger charge is -2.22. The Morgan fingerprint density at radius 3 is 2.56 bits per heavy atom. The van der Waals surface area contributed by atoms with E-state index in [0.717, 1.165) is 43.4 Å². The highest BCUT2D eigenvalue weighted by atomic mass is 32.2. The first-order valence-electron chi connectivity index (χ1n) is 8.54. The predicted molar refractivity (Wildman–Crippen MR) is 97.6 cm³/mol. The number of carboxylic acids is 1. The maximum Gasteiger partial charge on any atom is 0.321 e. The van der Waals surface area contributed by atoms with Crippen molar-refractivity contribution >= 4 is 17.7 Å². The highest BCUT2D eigenvalue weighted by Gasteiger charge is 2.27. The normalized spacial score (nSPS) is 14.4.